The van der Waals surface area contributed by atoms with Crippen molar-refractivity contribution in [3.05, 3.63) is 71.2 Å². The Balaban J connectivity index is 1.45. The van der Waals surface area contributed by atoms with E-state index in [1.165, 1.54) is 43.5 Å². The van der Waals surface area contributed by atoms with Crippen LogP contribution in [-0.4, -0.2) is 34.6 Å². The highest BCUT2D eigenvalue weighted by Gasteiger charge is 2.19. The summed E-state index contributed by atoms with van der Waals surface area (Å²) in [6.07, 6.45) is 0. The Bertz CT molecular complexity index is 1260. The highest BCUT2D eigenvalue weighted by Crippen LogP contribution is 2.33. The van der Waals surface area contributed by atoms with Crippen LogP contribution in [0.2, 0.25) is 5.02 Å². The summed E-state index contributed by atoms with van der Waals surface area (Å²) in [5.74, 6) is 1.01. The molecule has 0 fully saturated rings. The molecule has 0 saturated heterocycles. The molecule has 8 nitrogen and oxygen atoms in total. The van der Waals surface area contributed by atoms with Gasteiger partial charge in [0.05, 0.1) is 17.0 Å². The number of anilines is 2. The van der Waals surface area contributed by atoms with Gasteiger partial charge in [0.1, 0.15) is 19.0 Å². The first-order valence-corrected chi connectivity index (χ1v) is 11.4. The minimum absolute atomic E-state index is 0.0416. The number of carbonyl (C=O) groups excluding carboxylic acids is 1. The van der Waals surface area contributed by atoms with Crippen LogP contribution < -0.4 is 24.2 Å². The zero-order valence-electron chi connectivity index (χ0n) is 16.9. The van der Waals surface area contributed by atoms with Crippen molar-refractivity contribution in [3.63, 3.8) is 0 Å². The average molecular weight is 475 g/mol. The van der Waals surface area contributed by atoms with Crippen LogP contribution in [0.1, 0.15) is 10.4 Å². The Hall–Kier alpha value is -3.43. The fraction of sp³-hybridized carbons (Fsp3) is 0.136. The third-order valence-electron chi connectivity index (χ3n) is 4.63. The van der Waals surface area contributed by atoms with E-state index in [0.29, 0.717) is 52.4 Å². The van der Waals surface area contributed by atoms with E-state index in [-0.39, 0.29) is 10.8 Å². The second-order valence-electron chi connectivity index (χ2n) is 6.79. The molecule has 0 aliphatic carbocycles. The Morgan fingerprint density at radius 3 is 2.31 bits per heavy atom. The molecule has 1 aliphatic heterocycles. The van der Waals surface area contributed by atoms with Crippen LogP contribution in [0.3, 0.4) is 0 Å². The lowest BCUT2D eigenvalue weighted by Gasteiger charge is -2.19. The van der Waals surface area contributed by atoms with Gasteiger partial charge in [-0.1, -0.05) is 11.6 Å². The summed E-state index contributed by atoms with van der Waals surface area (Å²) >= 11 is 6.07. The summed E-state index contributed by atoms with van der Waals surface area (Å²) < 4.78 is 43.9. The Kier molecular flexibility index (Phi) is 6.11. The van der Waals surface area contributed by atoms with Crippen LogP contribution in [0.15, 0.2) is 65.6 Å². The largest absolute Gasteiger partial charge is 0.495 e. The number of rotatable bonds is 6. The van der Waals surface area contributed by atoms with Gasteiger partial charge in [-0.05, 0) is 54.6 Å². The maximum atomic E-state index is 12.7. The molecule has 166 valence electrons. The number of ether oxygens (including phenoxy) is 3. The number of methoxy groups -OCH3 is 1. The van der Waals surface area contributed by atoms with Crippen molar-refractivity contribution in [1.82, 2.24) is 0 Å². The van der Waals surface area contributed by atoms with Crippen LogP contribution in [0.25, 0.3) is 0 Å². The van der Waals surface area contributed by atoms with Gasteiger partial charge in [0.25, 0.3) is 15.9 Å². The Morgan fingerprint density at radius 1 is 0.938 bits per heavy atom. The monoisotopic (exact) mass is 474 g/mol. The minimum Gasteiger partial charge on any atom is -0.495 e. The second-order valence-corrected chi connectivity index (χ2v) is 8.88. The average Bonchev–Trinajstić information content (AvgIpc) is 2.79. The van der Waals surface area contributed by atoms with Gasteiger partial charge < -0.3 is 19.5 Å². The number of benzene rings is 3. The van der Waals surface area contributed by atoms with Crippen LogP contribution in [0.4, 0.5) is 11.4 Å². The minimum atomic E-state index is -3.85. The van der Waals surface area contributed by atoms with E-state index in [0.717, 1.165) is 0 Å². The van der Waals surface area contributed by atoms with Gasteiger partial charge in [0, 0.05) is 23.0 Å². The van der Waals surface area contributed by atoms with E-state index >= 15 is 0 Å². The Labute approximate surface area is 190 Å². The van der Waals surface area contributed by atoms with Gasteiger partial charge in [0.2, 0.25) is 0 Å². The molecule has 0 spiro atoms. The zero-order chi connectivity index (χ0) is 22.7. The maximum Gasteiger partial charge on any atom is 0.262 e. The highest BCUT2D eigenvalue weighted by atomic mass is 35.5. The van der Waals surface area contributed by atoms with E-state index in [9.17, 15) is 13.2 Å². The van der Waals surface area contributed by atoms with Crippen molar-refractivity contribution >= 4 is 38.9 Å². The molecule has 0 atom stereocenters. The molecule has 0 unspecified atom stereocenters. The maximum absolute atomic E-state index is 12.7. The lowest BCUT2D eigenvalue weighted by atomic mass is 10.2. The number of hydrogen-bond acceptors (Lipinski definition) is 6. The second kappa shape index (κ2) is 8.97. The lowest BCUT2D eigenvalue weighted by Crippen LogP contribution is -2.17. The molecule has 1 heterocycles. The van der Waals surface area contributed by atoms with Gasteiger partial charge in [-0.25, -0.2) is 8.42 Å². The first-order chi connectivity index (χ1) is 15.4. The number of halogens is 1. The fourth-order valence-corrected chi connectivity index (χ4v) is 4.37. The van der Waals surface area contributed by atoms with Crippen molar-refractivity contribution in [2.75, 3.05) is 30.4 Å². The summed E-state index contributed by atoms with van der Waals surface area (Å²) in [5.41, 5.74) is 1.16. The number of nitrogens with one attached hydrogen (secondary N) is 2. The predicted octanol–water partition coefficient (Wildman–Crippen LogP) is 4.17. The predicted molar refractivity (Wildman–Crippen MR) is 121 cm³/mol. The molecule has 2 N–H and O–H groups in total. The first-order valence-electron chi connectivity index (χ1n) is 9.53. The quantitative estimate of drug-likeness (QED) is 0.555. The van der Waals surface area contributed by atoms with E-state index in [1.807, 2.05) is 0 Å². The van der Waals surface area contributed by atoms with Crippen LogP contribution in [0.5, 0.6) is 17.2 Å². The molecule has 0 aromatic heterocycles. The molecule has 0 radical (unpaired) electrons. The van der Waals surface area contributed by atoms with Gasteiger partial charge >= 0.3 is 0 Å². The van der Waals surface area contributed by atoms with Crippen LogP contribution in [-0.2, 0) is 10.0 Å². The van der Waals surface area contributed by atoms with Crippen molar-refractivity contribution in [2.24, 2.45) is 0 Å². The third kappa shape index (κ3) is 4.74. The lowest BCUT2D eigenvalue weighted by molar-refractivity contribution is 0.102. The highest BCUT2D eigenvalue weighted by molar-refractivity contribution is 7.92. The van der Waals surface area contributed by atoms with Crippen molar-refractivity contribution < 1.29 is 27.4 Å². The van der Waals surface area contributed by atoms with Gasteiger partial charge in [-0.2, -0.15) is 0 Å². The SMILES string of the molecule is COc1ccc(NC(=O)c2ccc(NS(=O)(=O)c3ccc4c(c3)OCCO4)cc2)cc1Cl. The van der Waals surface area contributed by atoms with Crippen LogP contribution >= 0.6 is 11.6 Å². The van der Waals surface area contributed by atoms with Crippen molar-refractivity contribution in [1.29, 1.82) is 0 Å². The van der Waals surface area contributed by atoms with E-state index in [4.69, 9.17) is 25.8 Å². The van der Waals surface area contributed by atoms with Crippen molar-refractivity contribution in [3.8, 4) is 17.2 Å². The molecule has 1 aliphatic rings. The summed E-state index contributed by atoms with van der Waals surface area (Å²) in [7, 11) is -2.35. The third-order valence-corrected chi connectivity index (χ3v) is 6.31. The van der Waals surface area contributed by atoms with Gasteiger partial charge in [-0.15, -0.1) is 0 Å². The Morgan fingerprint density at radius 2 is 1.62 bits per heavy atom. The normalized spacial score (nSPS) is 12.7. The summed E-state index contributed by atoms with van der Waals surface area (Å²) in [5, 5.41) is 3.10. The zero-order valence-corrected chi connectivity index (χ0v) is 18.5. The van der Waals surface area contributed by atoms with E-state index < -0.39 is 10.0 Å². The van der Waals surface area contributed by atoms with E-state index in [1.54, 1.807) is 24.3 Å². The molecule has 4 rings (SSSR count). The fourth-order valence-electron chi connectivity index (χ4n) is 3.04. The summed E-state index contributed by atoms with van der Waals surface area (Å²) in [6.45, 7) is 0.777. The smallest absolute Gasteiger partial charge is 0.262 e. The number of hydrogen-bond donors (Lipinski definition) is 2. The molecule has 0 saturated carbocycles. The van der Waals surface area contributed by atoms with Gasteiger partial charge in [-0.3, -0.25) is 9.52 Å². The molecule has 3 aromatic rings. The molecule has 3 aromatic carbocycles. The molecule has 0 bridgehead atoms. The van der Waals surface area contributed by atoms with E-state index in [2.05, 4.69) is 10.0 Å². The molecular weight excluding hydrogens is 456 g/mol. The molecule has 1 amide bonds. The molecule has 10 heteroatoms. The molecule has 32 heavy (non-hydrogen) atoms. The number of fused-ring (bicyclic) bond motifs is 1. The standard InChI is InChI=1S/C22H19ClN2O6S/c1-29-19-8-6-16(12-18(19)23)24-22(26)14-2-4-15(5-3-14)25-32(27,28)17-7-9-20-21(13-17)31-11-10-30-20/h2-9,12-13,25H,10-11H2,1H3,(H,24,26). The van der Waals surface area contributed by atoms with Crippen LogP contribution in [0, 0.1) is 0 Å². The number of amides is 1. The number of carbonyl (C=O) groups is 1. The summed E-state index contributed by atoms with van der Waals surface area (Å²) in [4.78, 5) is 12.5. The summed E-state index contributed by atoms with van der Waals surface area (Å²) in [6, 6.07) is 15.3. The first kappa shape index (κ1) is 21.8. The van der Waals surface area contributed by atoms with Gasteiger partial charge in [0.15, 0.2) is 11.5 Å². The topological polar surface area (TPSA) is 103 Å². The van der Waals surface area contributed by atoms with Crippen molar-refractivity contribution in [2.45, 2.75) is 4.90 Å². The molecular formula is C22H19ClN2O6S. The number of sulfonamides is 1.